The number of carbonyl (C=O) groups is 1. The van der Waals surface area contributed by atoms with Crippen LogP contribution in [-0.4, -0.2) is 43.2 Å². The van der Waals surface area contributed by atoms with Crippen LogP contribution in [0.2, 0.25) is 0 Å². The molecule has 1 rings (SSSR count). The van der Waals surface area contributed by atoms with Crippen molar-refractivity contribution < 1.29 is 9.53 Å². The van der Waals surface area contributed by atoms with Gasteiger partial charge in [0.2, 0.25) is 0 Å². The Hall–Kier alpha value is -0.610. The first kappa shape index (κ1) is 14.5. The zero-order valence-corrected chi connectivity index (χ0v) is 11.2. The minimum atomic E-state index is -0.105. The molecule has 1 saturated heterocycles. The lowest BCUT2D eigenvalue weighted by atomic mass is 9.92. The van der Waals surface area contributed by atoms with E-state index in [1.54, 1.807) is 0 Å². The number of hydrogen-bond donors (Lipinski definition) is 1. The van der Waals surface area contributed by atoms with Gasteiger partial charge in [0.15, 0.2) is 0 Å². The average molecular weight is 242 g/mol. The zero-order valence-electron chi connectivity index (χ0n) is 11.2. The van der Waals surface area contributed by atoms with Gasteiger partial charge in [-0.3, -0.25) is 9.69 Å². The van der Waals surface area contributed by atoms with Crippen molar-refractivity contribution >= 4 is 5.97 Å². The molecule has 4 nitrogen and oxygen atoms in total. The van der Waals surface area contributed by atoms with Gasteiger partial charge in [-0.1, -0.05) is 20.3 Å². The van der Waals surface area contributed by atoms with Crippen LogP contribution in [0, 0.1) is 5.92 Å². The molecule has 0 aromatic carbocycles. The SMILES string of the molecule is CCCCOC(=O)CN1CCC(C)CC1CN. The largest absolute Gasteiger partial charge is 0.465 e. The number of nitrogens with zero attached hydrogens (tertiary/aromatic N) is 1. The first-order valence-electron chi connectivity index (χ1n) is 6.77. The number of ether oxygens (including phenoxy) is 1. The van der Waals surface area contributed by atoms with Gasteiger partial charge >= 0.3 is 5.97 Å². The molecule has 0 aliphatic carbocycles. The van der Waals surface area contributed by atoms with Crippen molar-refractivity contribution in [3.8, 4) is 0 Å². The van der Waals surface area contributed by atoms with Gasteiger partial charge in [-0.15, -0.1) is 0 Å². The van der Waals surface area contributed by atoms with Crippen molar-refractivity contribution in [2.24, 2.45) is 11.7 Å². The minimum absolute atomic E-state index is 0.105. The molecule has 2 N–H and O–H groups in total. The summed E-state index contributed by atoms with van der Waals surface area (Å²) in [4.78, 5) is 13.8. The van der Waals surface area contributed by atoms with Crippen molar-refractivity contribution in [2.45, 2.75) is 45.6 Å². The fourth-order valence-electron chi connectivity index (χ4n) is 2.30. The molecule has 4 heteroatoms. The summed E-state index contributed by atoms with van der Waals surface area (Å²) in [5.74, 6) is 0.613. The van der Waals surface area contributed by atoms with Crippen LogP contribution in [0.15, 0.2) is 0 Å². The fourth-order valence-corrected chi connectivity index (χ4v) is 2.30. The van der Waals surface area contributed by atoms with E-state index in [1.807, 2.05) is 0 Å². The molecule has 1 heterocycles. The van der Waals surface area contributed by atoms with E-state index >= 15 is 0 Å². The predicted octanol–water partition coefficient (Wildman–Crippen LogP) is 1.39. The lowest BCUT2D eigenvalue weighted by molar-refractivity contribution is -0.146. The van der Waals surface area contributed by atoms with E-state index in [1.165, 1.54) is 0 Å². The summed E-state index contributed by atoms with van der Waals surface area (Å²) in [7, 11) is 0. The van der Waals surface area contributed by atoms with Crippen LogP contribution in [-0.2, 0) is 9.53 Å². The third-order valence-corrected chi connectivity index (χ3v) is 3.47. The van der Waals surface area contributed by atoms with E-state index in [0.29, 0.717) is 25.7 Å². The summed E-state index contributed by atoms with van der Waals surface area (Å²) in [6.45, 7) is 6.88. The number of piperidine rings is 1. The monoisotopic (exact) mass is 242 g/mol. The number of nitrogens with two attached hydrogens (primary N) is 1. The first-order chi connectivity index (χ1) is 8.17. The molecule has 0 amide bonds. The number of esters is 1. The lowest BCUT2D eigenvalue weighted by Gasteiger charge is -2.37. The molecule has 1 fully saturated rings. The standard InChI is InChI=1S/C13H26N2O2/c1-3-4-7-17-13(16)10-15-6-5-11(2)8-12(15)9-14/h11-12H,3-10,14H2,1-2H3. The Morgan fingerprint density at radius 2 is 2.29 bits per heavy atom. The van der Waals surface area contributed by atoms with Crippen LogP contribution in [0.3, 0.4) is 0 Å². The molecular weight excluding hydrogens is 216 g/mol. The normalized spacial score (nSPS) is 25.8. The fraction of sp³-hybridized carbons (Fsp3) is 0.923. The molecule has 1 aliphatic rings. The molecule has 0 bridgehead atoms. The zero-order chi connectivity index (χ0) is 12.7. The lowest BCUT2D eigenvalue weighted by Crippen LogP contribution is -2.48. The van der Waals surface area contributed by atoms with E-state index in [0.717, 1.165) is 38.1 Å². The van der Waals surface area contributed by atoms with Gasteiger partial charge in [-0.2, -0.15) is 0 Å². The van der Waals surface area contributed by atoms with Crippen LogP contribution < -0.4 is 5.73 Å². The van der Waals surface area contributed by atoms with E-state index in [9.17, 15) is 4.79 Å². The molecular formula is C13H26N2O2. The topological polar surface area (TPSA) is 55.6 Å². The van der Waals surface area contributed by atoms with Gasteiger partial charge in [0.05, 0.1) is 13.2 Å². The molecule has 1 aliphatic heterocycles. The minimum Gasteiger partial charge on any atom is -0.465 e. The number of unbranched alkanes of at least 4 members (excludes halogenated alkanes) is 1. The first-order valence-corrected chi connectivity index (χ1v) is 6.77. The van der Waals surface area contributed by atoms with Gasteiger partial charge in [-0.25, -0.2) is 0 Å². The Labute approximate surface area is 104 Å². The van der Waals surface area contributed by atoms with Gasteiger partial charge in [0.1, 0.15) is 0 Å². The number of likely N-dealkylation sites (tertiary alicyclic amines) is 1. The Bertz CT molecular complexity index is 233. The van der Waals surface area contributed by atoms with Gasteiger partial charge in [-0.05, 0) is 31.7 Å². The molecule has 0 saturated carbocycles. The number of carbonyl (C=O) groups excluding carboxylic acids is 1. The average Bonchev–Trinajstić information content (AvgIpc) is 2.32. The van der Waals surface area contributed by atoms with Crippen molar-refractivity contribution in [3.05, 3.63) is 0 Å². The van der Waals surface area contributed by atoms with Crippen LogP contribution >= 0.6 is 0 Å². The summed E-state index contributed by atoms with van der Waals surface area (Å²) < 4.78 is 5.18. The Kier molecular flexibility index (Phi) is 6.52. The smallest absolute Gasteiger partial charge is 0.320 e. The van der Waals surface area contributed by atoms with E-state index in [4.69, 9.17) is 10.5 Å². The number of rotatable bonds is 6. The van der Waals surface area contributed by atoms with E-state index < -0.39 is 0 Å². The quantitative estimate of drug-likeness (QED) is 0.565. The molecule has 17 heavy (non-hydrogen) atoms. The van der Waals surface area contributed by atoms with E-state index in [2.05, 4.69) is 18.7 Å². The van der Waals surface area contributed by atoms with Crippen LogP contribution in [0.4, 0.5) is 0 Å². The van der Waals surface area contributed by atoms with E-state index in [-0.39, 0.29) is 5.97 Å². The van der Waals surface area contributed by atoms with Crippen LogP contribution in [0.5, 0.6) is 0 Å². The Balaban J connectivity index is 2.31. The highest BCUT2D eigenvalue weighted by Crippen LogP contribution is 2.21. The van der Waals surface area contributed by atoms with Crippen molar-refractivity contribution in [1.29, 1.82) is 0 Å². The Morgan fingerprint density at radius 1 is 1.53 bits per heavy atom. The number of hydrogen-bond acceptors (Lipinski definition) is 4. The molecule has 0 radical (unpaired) electrons. The summed E-state index contributed by atoms with van der Waals surface area (Å²) >= 11 is 0. The van der Waals surface area contributed by atoms with Crippen molar-refractivity contribution in [1.82, 2.24) is 4.90 Å². The summed E-state index contributed by atoms with van der Waals surface area (Å²) in [5, 5.41) is 0. The highest BCUT2D eigenvalue weighted by molar-refractivity contribution is 5.71. The summed E-state index contributed by atoms with van der Waals surface area (Å²) in [5.41, 5.74) is 5.76. The second kappa shape index (κ2) is 7.67. The van der Waals surface area contributed by atoms with Crippen molar-refractivity contribution in [2.75, 3.05) is 26.2 Å². The second-order valence-electron chi connectivity index (χ2n) is 5.06. The van der Waals surface area contributed by atoms with Crippen LogP contribution in [0.25, 0.3) is 0 Å². The second-order valence-corrected chi connectivity index (χ2v) is 5.06. The van der Waals surface area contributed by atoms with Gasteiger partial charge in [0.25, 0.3) is 0 Å². The van der Waals surface area contributed by atoms with Gasteiger partial charge in [0, 0.05) is 12.6 Å². The Morgan fingerprint density at radius 3 is 2.94 bits per heavy atom. The summed E-state index contributed by atoms with van der Waals surface area (Å²) in [6.07, 6.45) is 4.25. The molecule has 2 atom stereocenters. The maximum atomic E-state index is 11.6. The third kappa shape index (κ3) is 5.04. The molecule has 0 aromatic rings. The molecule has 0 spiro atoms. The van der Waals surface area contributed by atoms with Gasteiger partial charge < -0.3 is 10.5 Å². The maximum absolute atomic E-state index is 11.6. The molecule has 100 valence electrons. The highest BCUT2D eigenvalue weighted by Gasteiger charge is 2.26. The summed E-state index contributed by atoms with van der Waals surface area (Å²) in [6, 6.07) is 0.345. The maximum Gasteiger partial charge on any atom is 0.320 e. The molecule has 0 aromatic heterocycles. The van der Waals surface area contributed by atoms with Crippen LogP contribution in [0.1, 0.15) is 39.5 Å². The molecule has 2 unspecified atom stereocenters. The highest BCUT2D eigenvalue weighted by atomic mass is 16.5. The third-order valence-electron chi connectivity index (χ3n) is 3.47. The predicted molar refractivity (Wildman–Crippen MR) is 68.7 cm³/mol. The van der Waals surface area contributed by atoms with Crippen molar-refractivity contribution in [3.63, 3.8) is 0 Å².